The number of aromatic hydroxyl groups is 1. The summed E-state index contributed by atoms with van der Waals surface area (Å²) in [6.45, 7) is 0.449. The van der Waals surface area contributed by atoms with Crippen molar-refractivity contribution in [1.82, 2.24) is 0 Å². The summed E-state index contributed by atoms with van der Waals surface area (Å²) in [7, 11) is 0. The molecule has 5 N–H and O–H groups in total. The highest BCUT2D eigenvalue weighted by Crippen LogP contribution is 2.20. The van der Waals surface area contributed by atoms with Crippen LogP contribution in [0.4, 0.5) is 5.69 Å². The van der Waals surface area contributed by atoms with Gasteiger partial charge < -0.3 is 15.7 Å². The average molecular weight is 168 g/mol. The van der Waals surface area contributed by atoms with Gasteiger partial charge in [0.15, 0.2) is 0 Å². The van der Waals surface area contributed by atoms with Crippen LogP contribution in [-0.4, -0.2) is 11.7 Å². The van der Waals surface area contributed by atoms with E-state index >= 15 is 0 Å². The maximum atomic E-state index is 9.09. The number of nitrogen functional groups attached to an aromatic ring is 1. The van der Waals surface area contributed by atoms with Crippen molar-refractivity contribution in [3.63, 3.8) is 0 Å². The highest BCUT2D eigenvalue weighted by molar-refractivity contribution is 5.53. The lowest BCUT2D eigenvalue weighted by atomic mass is 10.1. The normalized spacial score (nSPS) is 10.1. The van der Waals surface area contributed by atoms with Gasteiger partial charge in [-0.1, -0.05) is 6.07 Å². The molecule has 0 aliphatic heterocycles. The predicted octanol–water partition coefficient (Wildman–Crippen LogP) is 0.407. The molecule has 0 aromatic heterocycles. The summed E-state index contributed by atoms with van der Waals surface area (Å²) in [5.41, 5.74) is 6.85. The first-order valence-electron chi connectivity index (χ1n) is 3.63. The Hall–Kier alpha value is -1.26. The molecule has 0 radical (unpaired) electrons. The van der Waals surface area contributed by atoms with E-state index in [9.17, 15) is 0 Å². The number of phenols is 1. The Balaban J connectivity index is 2.69. The fourth-order valence-electron chi connectivity index (χ4n) is 0.936. The van der Waals surface area contributed by atoms with Crippen LogP contribution in [0.2, 0.25) is 0 Å². The molecule has 1 rings (SSSR count). The Morgan fingerprint density at radius 1 is 1.42 bits per heavy atom. The number of phenolic OH excluding ortho intramolecular Hbond substituents is 1. The zero-order valence-electron chi connectivity index (χ0n) is 6.66. The minimum absolute atomic E-state index is 0.104. The lowest BCUT2D eigenvalue weighted by Crippen LogP contribution is -2.03. The average Bonchev–Trinajstić information content (AvgIpc) is 2.07. The molecule has 0 fully saturated rings. The molecule has 12 heavy (non-hydrogen) atoms. The molecule has 1 aromatic carbocycles. The van der Waals surface area contributed by atoms with Crippen molar-refractivity contribution >= 4 is 5.69 Å². The molecule has 0 atom stereocenters. The van der Waals surface area contributed by atoms with Crippen LogP contribution in [-0.2, 0) is 11.3 Å². The fraction of sp³-hybridized carbons (Fsp3) is 0.250. The molecule has 0 saturated carbocycles. The molecule has 4 heteroatoms. The summed E-state index contributed by atoms with van der Waals surface area (Å²) in [5.74, 6) is 4.97. The first kappa shape index (κ1) is 8.83. The predicted molar refractivity (Wildman–Crippen MR) is 46.4 cm³/mol. The van der Waals surface area contributed by atoms with Gasteiger partial charge in [0.25, 0.3) is 0 Å². The molecule has 0 amide bonds. The second kappa shape index (κ2) is 3.94. The Labute approximate surface area is 70.7 Å². The highest BCUT2D eigenvalue weighted by atomic mass is 16.6. The van der Waals surface area contributed by atoms with Crippen molar-refractivity contribution in [2.75, 3.05) is 12.3 Å². The van der Waals surface area contributed by atoms with Crippen molar-refractivity contribution in [2.24, 2.45) is 5.90 Å². The van der Waals surface area contributed by atoms with Gasteiger partial charge in [-0.3, -0.25) is 0 Å². The first-order chi connectivity index (χ1) is 5.74. The molecule has 0 heterocycles. The number of nitrogens with two attached hydrogens (primary N) is 2. The molecule has 1 aromatic rings. The Morgan fingerprint density at radius 3 is 2.75 bits per heavy atom. The Kier molecular flexibility index (Phi) is 2.90. The molecule has 0 unspecified atom stereocenters. The summed E-state index contributed by atoms with van der Waals surface area (Å²) in [6.07, 6.45) is 0.695. The van der Waals surface area contributed by atoms with E-state index in [1.54, 1.807) is 18.2 Å². The quantitative estimate of drug-likeness (QED) is 0.347. The van der Waals surface area contributed by atoms with Gasteiger partial charge in [0.05, 0.1) is 12.3 Å². The maximum absolute atomic E-state index is 9.09. The summed E-state index contributed by atoms with van der Waals surface area (Å²) < 4.78 is 0. The summed E-state index contributed by atoms with van der Waals surface area (Å²) >= 11 is 0. The smallest absolute Gasteiger partial charge is 0.138 e. The first-order valence-corrected chi connectivity index (χ1v) is 3.63. The van der Waals surface area contributed by atoms with Crippen LogP contribution in [0.15, 0.2) is 18.2 Å². The van der Waals surface area contributed by atoms with E-state index in [0.29, 0.717) is 18.7 Å². The molecular weight excluding hydrogens is 156 g/mol. The van der Waals surface area contributed by atoms with Crippen LogP contribution in [0.1, 0.15) is 5.56 Å². The third-order valence-corrected chi connectivity index (χ3v) is 1.60. The number of hydrogen-bond donors (Lipinski definition) is 3. The number of hydrogen-bond acceptors (Lipinski definition) is 4. The van der Waals surface area contributed by atoms with Crippen LogP contribution in [0.3, 0.4) is 0 Å². The van der Waals surface area contributed by atoms with Crippen LogP contribution < -0.4 is 11.6 Å². The standard InChI is InChI=1S/C8H12N2O2/c9-7-5-6(3-4-12-10)1-2-8(7)11/h1-2,5,11H,3-4,9-10H2. The molecule has 0 saturated heterocycles. The van der Waals surface area contributed by atoms with Crippen molar-refractivity contribution in [3.05, 3.63) is 23.8 Å². The van der Waals surface area contributed by atoms with E-state index in [1.165, 1.54) is 0 Å². The second-order valence-electron chi connectivity index (χ2n) is 2.51. The second-order valence-corrected chi connectivity index (χ2v) is 2.51. The third kappa shape index (κ3) is 2.11. The monoisotopic (exact) mass is 168 g/mol. The van der Waals surface area contributed by atoms with E-state index in [4.69, 9.17) is 16.7 Å². The van der Waals surface area contributed by atoms with E-state index in [-0.39, 0.29) is 5.75 Å². The van der Waals surface area contributed by atoms with Crippen molar-refractivity contribution in [2.45, 2.75) is 6.42 Å². The minimum atomic E-state index is 0.104. The highest BCUT2D eigenvalue weighted by Gasteiger charge is 1.97. The van der Waals surface area contributed by atoms with E-state index in [0.717, 1.165) is 5.56 Å². The van der Waals surface area contributed by atoms with Crippen molar-refractivity contribution < 1.29 is 9.94 Å². The molecule has 0 spiro atoms. The number of rotatable bonds is 3. The largest absolute Gasteiger partial charge is 0.506 e. The van der Waals surface area contributed by atoms with Crippen LogP contribution in [0.5, 0.6) is 5.75 Å². The van der Waals surface area contributed by atoms with Crippen LogP contribution in [0.25, 0.3) is 0 Å². The molecule has 66 valence electrons. The topological polar surface area (TPSA) is 81.5 Å². The van der Waals surface area contributed by atoms with Gasteiger partial charge in [-0.05, 0) is 24.1 Å². The number of benzene rings is 1. The molecule has 0 aliphatic rings. The fourth-order valence-corrected chi connectivity index (χ4v) is 0.936. The van der Waals surface area contributed by atoms with E-state index in [1.807, 2.05) is 0 Å². The summed E-state index contributed by atoms with van der Waals surface area (Å²) in [5, 5.41) is 9.09. The third-order valence-electron chi connectivity index (χ3n) is 1.60. The zero-order chi connectivity index (χ0) is 8.97. The Morgan fingerprint density at radius 2 is 2.17 bits per heavy atom. The maximum Gasteiger partial charge on any atom is 0.138 e. The Bertz CT molecular complexity index is 263. The van der Waals surface area contributed by atoms with E-state index < -0.39 is 0 Å². The van der Waals surface area contributed by atoms with Gasteiger partial charge in [-0.25, -0.2) is 5.90 Å². The van der Waals surface area contributed by atoms with Gasteiger partial charge in [-0.15, -0.1) is 0 Å². The van der Waals surface area contributed by atoms with Crippen molar-refractivity contribution in [3.8, 4) is 5.75 Å². The van der Waals surface area contributed by atoms with E-state index in [2.05, 4.69) is 4.84 Å². The van der Waals surface area contributed by atoms with Gasteiger partial charge in [0.1, 0.15) is 5.75 Å². The minimum Gasteiger partial charge on any atom is -0.506 e. The lowest BCUT2D eigenvalue weighted by molar-refractivity contribution is 0.141. The zero-order valence-corrected chi connectivity index (χ0v) is 6.66. The lowest BCUT2D eigenvalue weighted by Gasteiger charge is -2.02. The van der Waals surface area contributed by atoms with Crippen LogP contribution in [0, 0.1) is 0 Å². The SMILES string of the molecule is NOCCc1ccc(O)c(N)c1. The summed E-state index contributed by atoms with van der Waals surface area (Å²) in [6, 6.07) is 5.04. The van der Waals surface area contributed by atoms with Crippen LogP contribution >= 0.6 is 0 Å². The van der Waals surface area contributed by atoms with Crippen molar-refractivity contribution in [1.29, 1.82) is 0 Å². The molecule has 0 bridgehead atoms. The van der Waals surface area contributed by atoms with Gasteiger partial charge >= 0.3 is 0 Å². The van der Waals surface area contributed by atoms with Gasteiger partial charge in [0.2, 0.25) is 0 Å². The summed E-state index contributed by atoms with van der Waals surface area (Å²) in [4.78, 5) is 4.41. The molecular formula is C8H12N2O2. The number of anilines is 1. The van der Waals surface area contributed by atoms with Gasteiger partial charge in [-0.2, -0.15) is 0 Å². The van der Waals surface area contributed by atoms with Gasteiger partial charge in [0, 0.05) is 0 Å². The molecule has 0 aliphatic carbocycles. The molecule has 4 nitrogen and oxygen atoms in total.